The van der Waals surface area contributed by atoms with E-state index in [0.29, 0.717) is 12.8 Å². The first kappa shape index (κ1) is 14.8. The van der Waals surface area contributed by atoms with Gasteiger partial charge in [0.25, 0.3) is 0 Å². The van der Waals surface area contributed by atoms with Crippen LogP contribution in [0.3, 0.4) is 0 Å². The Balaban J connectivity index is 3.75. The van der Waals surface area contributed by atoms with Crippen LogP contribution < -0.4 is 0 Å². The predicted molar refractivity (Wildman–Crippen MR) is 54.8 cm³/mol. The van der Waals surface area contributed by atoms with Gasteiger partial charge in [-0.15, -0.1) is 0 Å². The summed E-state index contributed by atoms with van der Waals surface area (Å²) in [6, 6.07) is 0. The van der Waals surface area contributed by atoms with E-state index in [-0.39, 0.29) is 25.0 Å². The maximum Gasteiger partial charge on any atom is 0.156 e. The minimum Gasteiger partial charge on any atom is -0.380 e. The third kappa shape index (κ3) is 6.06. The molecule has 5 nitrogen and oxygen atoms in total. The highest BCUT2D eigenvalue weighted by molar-refractivity contribution is 4.60. The van der Waals surface area contributed by atoms with E-state index in [1.807, 2.05) is 13.8 Å². The standard InChI is InChI=1S/C10H22O5/c1-3-7(9(11)12)5-15-6-8(4-2)10(13)14/h7-14H,3-6H2,1-2H3. The van der Waals surface area contributed by atoms with Crippen molar-refractivity contribution in [3.8, 4) is 0 Å². The van der Waals surface area contributed by atoms with E-state index in [1.165, 1.54) is 0 Å². The molecule has 4 N–H and O–H groups in total. The van der Waals surface area contributed by atoms with Crippen molar-refractivity contribution in [3.63, 3.8) is 0 Å². The highest BCUT2D eigenvalue weighted by atomic mass is 16.5. The SMILES string of the molecule is CCC(COCC(CC)C(O)O)C(O)O. The zero-order valence-electron chi connectivity index (χ0n) is 9.33. The van der Waals surface area contributed by atoms with Crippen LogP contribution in [0.1, 0.15) is 26.7 Å². The molecule has 0 aliphatic carbocycles. The van der Waals surface area contributed by atoms with Crippen molar-refractivity contribution in [1.29, 1.82) is 0 Å². The lowest BCUT2D eigenvalue weighted by atomic mass is 10.1. The molecule has 0 amide bonds. The number of aliphatic hydroxyl groups excluding tert-OH is 2. The van der Waals surface area contributed by atoms with E-state index in [9.17, 15) is 0 Å². The Morgan fingerprint density at radius 1 is 0.800 bits per heavy atom. The molecule has 0 aliphatic rings. The number of hydrogen-bond acceptors (Lipinski definition) is 5. The topological polar surface area (TPSA) is 90.2 Å². The van der Waals surface area contributed by atoms with Gasteiger partial charge in [0.05, 0.1) is 13.2 Å². The van der Waals surface area contributed by atoms with Crippen molar-refractivity contribution in [2.45, 2.75) is 39.3 Å². The predicted octanol–water partition coefficient (Wildman–Crippen LogP) is -0.323. The van der Waals surface area contributed by atoms with Gasteiger partial charge in [0.1, 0.15) is 0 Å². The Labute approximate surface area is 90.3 Å². The monoisotopic (exact) mass is 222 g/mol. The summed E-state index contributed by atoms with van der Waals surface area (Å²) in [6.45, 7) is 4.12. The molecule has 0 spiro atoms. The Morgan fingerprint density at radius 2 is 1.13 bits per heavy atom. The number of ether oxygens (including phenoxy) is 1. The van der Waals surface area contributed by atoms with Gasteiger partial charge in [0, 0.05) is 11.8 Å². The minimum absolute atomic E-state index is 0.220. The lowest BCUT2D eigenvalue weighted by Gasteiger charge is -2.20. The Hall–Kier alpha value is -0.200. The molecule has 2 atom stereocenters. The average Bonchev–Trinajstić information content (AvgIpc) is 2.17. The molecule has 5 heteroatoms. The van der Waals surface area contributed by atoms with Crippen molar-refractivity contribution in [3.05, 3.63) is 0 Å². The molecule has 92 valence electrons. The van der Waals surface area contributed by atoms with Crippen molar-refractivity contribution >= 4 is 0 Å². The number of aliphatic hydroxyl groups is 4. The van der Waals surface area contributed by atoms with Crippen LogP contribution in [0, 0.1) is 11.8 Å². The fraction of sp³-hybridized carbons (Fsp3) is 1.00. The second-order valence-corrected chi connectivity index (χ2v) is 3.70. The Morgan fingerprint density at radius 3 is 1.33 bits per heavy atom. The normalized spacial score (nSPS) is 16.0. The van der Waals surface area contributed by atoms with E-state index >= 15 is 0 Å². The second-order valence-electron chi connectivity index (χ2n) is 3.70. The molecule has 0 saturated carbocycles. The summed E-state index contributed by atoms with van der Waals surface area (Å²) in [6.07, 6.45) is -1.55. The first-order chi connectivity index (χ1) is 7.02. The summed E-state index contributed by atoms with van der Waals surface area (Å²) >= 11 is 0. The van der Waals surface area contributed by atoms with Gasteiger partial charge in [0.2, 0.25) is 0 Å². The van der Waals surface area contributed by atoms with Crippen LogP contribution in [0.5, 0.6) is 0 Å². The molecule has 0 bridgehead atoms. The summed E-state index contributed by atoms with van der Waals surface area (Å²) in [7, 11) is 0. The third-order valence-electron chi connectivity index (χ3n) is 2.56. The van der Waals surface area contributed by atoms with E-state index in [4.69, 9.17) is 25.2 Å². The van der Waals surface area contributed by atoms with Gasteiger partial charge in [-0.1, -0.05) is 13.8 Å². The first-order valence-corrected chi connectivity index (χ1v) is 5.32. The summed E-state index contributed by atoms with van der Waals surface area (Å²) < 4.78 is 5.22. The molecule has 0 aromatic rings. The molecule has 0 heterocycles. The fourth-order valence-electron chi connectivity index (χ4n) is 1.20. The molecule has 2 unspecified atom stereocenters. The van der Waals surface area contributed by atoms with Gasteiger partial charge < -0.3 is 25.2 Å². The summed E-state index contributed by atoms with van der Waals surface area (Å²) in [5, 5.41) is 35.7. The molecular formula is C10H22O5. The molecule has 0 aromatic heterocycles. The highest BCUT2D eigenvalue weighted by Gasteiger charge is 2.18. The van der Waals surface area contributed by atoms with Crippen LogP contribution in [0.15, 0.2) is 0 Å². The quantitative estimate of drug-likeness (QED) is 0.422. The van der Waals surface area contributed by atoms with E-state index in [2.05, 4.69) is 0 Å². The van der Waals surface area contributed by atoms with Crippen molar-refractivity contribution in [2.75, 3.05) is 13.2 Å². The van der Waals surface area contributed by atoms with Crippen molar-refractivity contribution in [2.24, 2.45) is 11.8 Å². The van der Waals surface area contributed by atoms with Crippen LogP contribution in [-0.2, 0) is 4.74 Å². The first-order valence-electron chi connectivity index (χ1n) is 5.32. The second kappa shape index (κ2) is 8.01. The number of rotatable bonds is 8. The molecule has 0 aromatic carbocycles. The molecule has 0 aliphatic heterocycles. The molecule has 0 saturated heterocycles. The summed E-state index contributed by atoms with van der Waals surface area (Å²) in [4.78, 5) is 0. The van der Waals surface area contributed by atoms with E-state index in [0.717, 1.165) is 0 Å². The zero-order chi connectivity index (χ0) is 11.8. The Kier molecular flexibility index (Phi) is 7.90. The van der Waals surface area contributed by atoms with Gasteiger partial charge in [0.15, 0.2) is 12.6 Å². The lowest BCUT2D eigenvalue weighted by Crippen LogP contribution is -2.28. The van der Waals surface area contributed by atoms with Crippen molar-refractivity contribution in [1.82, 2.24) is 0 Å². The highest BCUT2D eigenvalue weighted by Crippen LogP contribution is 2.11. The van der Waals surface area contributed by atoms with Crippen molar-refractivity contribution < 1.29 is 25.2 Å². The van der Waals surface area contributed by atoms with Gasteiger partial charge in [-0.2, -0.15) is 0 Å². The largest absolute Gasteiger partial charge is 0.380 e. The summed E-state index contributed by atoms with van der Waals surface area (Å²) in [5.41, 5.74) is 0. The summed E-state index contributed by atoms with van der Waals surface area (Å²) in [5.74, 6) is -0.642. The maximum atomic E-state index is 8.92. The van der Waals surface area contributed by atoms with Crippen LogP contribution in [-0.4, -0.2) is 46.2 Å². The van der Waals surface area contributed by atoms with E-state index in [1.54, 1.807) is 0 Å². The fourth-order valence-corrected chi connectivity index (χ4v) is 1.20. The van der Waals surface area contributed by atoms with Crippen LogP contribution in [0.2, 0.25) is 0 Å². The maximum absolute atomic E-state index is 8.92. The van der Waals surface area contributed by atoms with Gasteiger partial charge in [-0.25, -0.2) is 0 Å². The molecule has 15 heavy (non-hydrogen) atoms. The lowest BCUT2D eigenvalue weighted by molar-refractivity contribution is -0.128. The van der Waals surface area contributed by atoms with Gasteiger partial charge in [-0.3, -0.25) is 0 Å². The smallest absolute Gasteiger partial charge is 0.156 e. The Bertz CT molecular complexity index is 133. The van der Waals surface area contributed by atoms with Crippen LogP contribution in [0.4, 0.5) is 0 Å². The molecule has 0 fully saturated rings. The van der Waals surface area contributed by atoms with Crippen LogP contribution in [0.25, 0.3) is 0 Å². The average molecular weight is 222 g/mol. The zero-order valence-corrected chi connectivity index (χ0v) is 9.33. The minimum atomic E-state index is -1.38. The third-order valence-corrected chi connectivity index (χ3v) is 2.56. The van der Waals surface area contributed by atoms with E-state index < -0.39 is 12.6 Å². The molecular weight excluding hydrogens is 200 g/mol. The van der Waals surface area contributed by atoms with Crippen LogP contribution >= 0.6 is 0 Å². The molecule has 0 radical (unpaired) electrons. The number of hydrogen-bond donors (Lipinski definition) is 4. The van der Waals surface area contributed by atoms with Gasteiger partial charge >= 0.3 is 0 Å². The molecule has 0 rings (SSSR count). The van der Waals surface area contributed by atoms with Gasteiger partial charge in [-0.05, 0) is 12.8 Å².